The van der Waals surface area contributed by atoms with Crippen LogP contribution in [0.25, 0.3) is 21.5 Å². The zero-order chi connectivity index (χ0) is 26.7. The molecule has 2 heteroatoms. The van der Waals surface area contributed by atoms with Crippen LogP contribution in [0.5, 0.6) is 0 Å². The fraction of sp³-hybridized carbons (Fsp3) is 0.333. The van der Waals surface area contributed by atoms with Gasteiger partial charge >= 0.3 is 0 Å². The van der Waals surface area contributed by atoms with E-state index in [2.05, 4.69) is 137 Å². The van der Waals surface area contributed by atoms with E-state index in [1.54, 1.807) is 4.90 Å². The summed E-state index contributed by atoms with van der Waals surface area (Å²) >= 11 is 0. The number of benzene rings is 4. The molecule has 38 heavy (non-hydrogen) atoms. The third kappa shape index (κ3) is 3.57. The van der Waals surface area contributed by atoms with Crippen LogP contribution in [0.2, 0.25) is 0 Å². The van der Waals surface area contributed by atoms with Crippen LogP contribution < -0.4 is 9.80 Å². The average molecular weight is 502 g/mol. The zero-order valence-corrected chi connectivity index (χ0v) is 23.8. The highest BCUT2D eigenvalue weighted by Gasteiger charge is 2.48. The maximum absolute atomic E-state index is 2.57. The molecule has 2 atom stereocenters. The molecule has 2 unspecified atom stereocenters. The number of nitrogens with one attached hydrogen (secondary N) is 1. The van der Waals surface area contributed by atoms with Crippen molar-refractivity contribution < 1.29 is 4.90 Å². The second kappa shape index (κ2) is 9.13. The summed E-state index contributed by atoms with van der Waals surface area (Å²) in [6, 6.07) is 27.4. The normalized spacial score (nSPS) is 22.6. The molecule has 1 N–H and O–H groups in total. The Morgan fingerprint density at radius 3 is 2.08 bits per heavy atom. The fourth-order valence-corrected chi connectivity index (χ4v) is 7.52. The van der Waals surface area contributed by atoms with Crippen molar-refractivity contribution in [3.63, 3.8) is 0 Å². The van der Waals surface area contributed by atoms with E-state index in [1.807, 2.05) is 0 Å². The number of allylic oxidation sites excluding steroid dienone is 3. The predicted molar refractivity (Wildman–Crippen MR) is 164 cm³/mol. The number of anilines is 1. The van der Waals surface area contributed by atoms with Crippen molar-refractivity contribution in [1.29, 1.82) is 0 Å². The van der Waals surface area contributed by atoms with Gasteiger partial charge in [0.1, 0.15) is 11.7 Å². The van der Waals surface area contributed by atoms with Gasteiger partial charge in [-0.2, -0.15) is 0 Å². The highest BCUT2D eigenvalue weighted by molar-refractivity contribution is 5.95. The summed E-state index contributed by atoms with van der Waals surface area (Å²) in [7, 11) is 0. The van der Waals surface area contributed by atoms with Gasteiger partial charge in [-0.25, -0.2) is 0 Å². The number of hydrogen-bond acceptors (Lipinski definition) is 1. The first-order valence-electron chi connectivity index (χ1n) is 14.4. The predicted octanol–water partition coefficient (Wildman–Crippen LogP) is 7.84. The molecule has 0 fully saturated rings. The average Bonchev–Trinajstić information content (AvgIpc) is 3.27. The largest absolute Gasteiger partial charge is 0.344 e. The summed E-state index contributed by atoms with van der Waals surface area (Å²) in [6.45, 7) is 16.4. The second-order valence-corrected chi connectivity index (χ2v) is 12.2. The monoisotopic (exact) mass is 501 g/mol. The first-order chi connectivity index (χ1) is 18.3. The molecule has 4 aromatic rings. The molecule has 0 aliphatic carbocycles. The van der Waals surface area contributed by atoms with E-state index in [0.717, 1.165) is 19.5 Å². The van der Waals surface area contributed by atoms with E-state index in [0.29, 0.717) is 6.04 Å². The Labute approximate surface area is 228 Å². The minimum atomic E-state index is -0.0582. The Morgan fingerprint density at radius 2 is 1.42 bits per heavy atom. The van der Waals surface area contributed by atoms with Crippen LogP contribution in [-0.2, 0) is 10.8 Å². The summed E-state index contributed by atoms with van der Waals surface area (Å²) < 4.78 is 0. The van der Waals surface area contributed by atoms with Crippen molar-refractivity contribution in [2.45, 2.75) is 64.8 Å². The fourth-order valence-electron chi connectivity index (χ4n) is 7.52. The van der Waals surface area contributed by atoms with Crippen molar-refractivity contribution in [3.8, 4) is 0 Å². The molecule has 2 nitrogen and oxygen atoms in total. The lowest BCUT2D eigenvalue weighted by atomic mass is 9.78. The van der Waals surface area contributed by atoms with Crippen LogP contribution in [0.4, 0.5) is 11.4 Å². The van der Waals surface area contributed by atoms with Gasteiger partial charge in [-0.15, -0.1) is 0 Å². The van der Waals surface area contributed by atoms with Crippen LogP contribution in [0.1, 0.15) is 59.1 Å². The third-order valence-corrected chi connectivity index (χ3v) is 9.21. The van der Waals surface area contributed by atoms with E-state index in [1.165, 1.54) is 49.7 Å². The molecule has 0 saturated heterocycles. The maximum atomic E-state index is 2.57. The third-order valence-electron chi connectivity index (χ3n) is 9.21. The van der Waals surface area contributed by atoms with Crippen molar-refractivity contribution in [3.05, 3.63) is 108 Å². The summed E-state index contributed by atoms with van der Waals surface area (Å²) in [5.41, 5.74) is 7.20. The number of rotatable bonds is 5. The van der Waals surface area contributed by atoms with Gasteiger partial charge in [0, 0.05) is 35.0 Å². The molecular weight excluding hydrogens is 460 g/mol. The Kier molecular flexibility index (Phi) is 6.00. The highest BCUT2D eigenvalue weighted by atomic mass is 15.2. The molecule has 2 aliphatic rings. The molecule has 0 amide bonds. The van der Waals surface area contributed by atoms with Crippen molar-refractivity contribution in [2.75, 3.05) is 18.0 Å². The molecule has 0 spiro atoms. The quantitative estimate of drug-likeness (QED) is 0.293. The lowest BCUT2D eigenvalue weighted by Gasteiger charge is -2.28. The highest BCUT2D eigenvalue weighted by Crippen LogP contribution is 2.51. The summed E-state index contributed by atoms with van der Waals surface area (Å²) in [6.07, 6.45) is 8.38. The molecule has 0 radical (unpaired) electrons. The first-order valence-corrected chi connectivity index (χ1v) is 14.4. The Balaban J connectivity index is 1.42. The molecule has 2 heterocycles. The maximum Gasteiger partial charge on any atom is 0.136 e. The van der Waals surface area contributed by atoms with Crippen molar-refractivity contribution >= 4 is 32.9 Å². The molecule has 2 aliphatic heterocycles. The van der Waals surface area contributed by atoms with Crippen LogP contribution >= 0.6 is 0 Å². The van der Waals surface area contributed by atoms with Crippen molar-refractivity contribution in [2.24, 2.45) is 0 Å². The van der Waals surface area contributed by atoms with E-state index < -0.39 is 0 Å². The van der Waals surface area contributed by atoms with E-state index in [4.69, 9.17) is 0 Å². The minimum absolute atomic E-state index is 0.0456. The van der Waals surface area contributed by atoms with Gasteiger partial charge < -0.3 is 4.90 Å². The SMILES string of the molecule is CCCN1/C(=C/C=C/C2[NH+](CC)c3ccc4ccccc4c3C2(C)C)C(C)(C)c2c1ccc1ccccc21. The Hall–Kier alpha value is -3.36. The molecule has 4 aromatic carbocycles. The van der Waals surface area contributed by atoms with Gasteiger partial charge in [0.15, 0.2) is 0 Å². The Morgan fingerprint density at radius 1 is 0.789 bits per heavy atom. The lowest BCUT2D eigenvalue weighted by Crippen LogP contribution is -3.10. The summed E-state index contributed by atoms with van der Waals surface area (Å²) in [4.78, 5) is 4.13. The molecule has 6 rings (SSSR count). The van der Waals surface area contributed by atoms with Crippen LogP contribution in [0, 0.1) is 0 Å². The number of fused-ring (bicyclic) bond motifs is 6. The zero-order valence-electron chi connectivity index (χ0n) is 23.8. The van der Waals surface area contributed by atoms with E-state index in [9.17, 15) is 0 Å². The van der Waals surface area contributed by atoms with E-state index in [-0.39, 0.29) is 10.8 Å². The van der Waals surface area contributed by atoms with Crippen LogP contribution in [-0.4, -0.2) is 19.1 Å². The number of nitrogens with zero attached hydrogens (tertiary/aromatic N) is 1. The van der Waals surface area contributed by atoms with E-state index >= 15 is 0 Å². The lowest BCUT2D eigenvalue weighted by molar-refractivity contribution is -0.848. The smallest absolute Gasteiger partial charge is 0.136 e. The van der Waals surface area contributed by atoms with Gasteiger partial charge in [-0.05, 0) is 78.6 Å². The van der Waals surface area contributed by atoms with Crippen molar-refractivity contribution in [1.82, 2.24) is 0 Å². The van der Waals surface area contributed by atoms with Crippen LogP contribution in [0.15, 0.2) is 96.7 Å². The number of hydrogen-bond donors (Lipinski definition) is 1. The topological polar surface area (TPSA) is 7.68 Å². The first kappa shape index (κ1) is 24.9. The summed E-state index contributed by atoms with van der Waals surface area (Å²) in [5.74, 6) is 0. The van der Waals surface area contributed by atoms with Gasteiger partial charge in [0.2, 0.25) is 0 Å². The standard InChI is InChI=1S/C36H40N2/c1-7-24-38-30-23-21-26-15-10-12-17-28(26)34(30)36(5,6)32(38)19-13-18-31-35(3,4)33-27-16-11-9-14-25(27)20-22-29(33)37(31)8-2/h9-23,31H,7-8,24H2,1-6H3/p+1/b18-13+,32-19+. The summed E-state index contributed by atoms with van der Waals surface area (Å²) in [5, 5.41) is 5.45. The molecule has 0 saturated carbocycles. The number of likely N-dealkylation sites (N-methyl/N-ethyl adjacent to an activating group) is 1. The van der Waals surface area contributed by atoms with Crippen LogP contribution in [0.3, 0.4) is 0 Å². The van der Waals surface area contributed by atoms with Gasteiger partial charge in [0.05, 0.1) is 12.0 Å². The molecule has 0 bridgehead atoms. The van der Waals surface area contributed by atoms with Gasteiger partial charge in [0.25, 0.3) is 0 Å². The molecular formula is C36H41N2+. The second-order valence-electron chi connectivity index (χ2n) is 12.2. The molecule has 194 valence electrons. The van der Waals surface area contributed by atoms with Gasteiger partial charge in [-0.1, -0.05) is 81.4 Å². The molecule has 0 aromatic heterocycles. The minimum Gasteiger partial charge on any atom is -0.344 e. The number of quaternary nitrogens is 1. The van der Waals surface area contributed by atoms with Gasteiger partial charge in [-0.3, -0.25) is 4.90 Å². The Bertz CT molecular complexity index is 1590.